The van der Waals surface area contributed by atoms with Crippen LogP contribution in [0.25, 0.3) is 0 Å². The van der Waals surface area contributed by atoms with Crippen LogP contribution in [-0.2, 0) is 4.79 Å². The highest BCUT2D eigenvalue weighted by atomic mass is 79.9. The van der Waals surface area contributed by atoms with Crippen molar-refractivity contribution in [3.63, 3.8) is 0 Å². The highest BCUT2D eigenvalue weighted by molar-refractivity contribution is 9.10. The SMILES string of the molecule is CC(NC(=O)COc1ccc(Br)cc1F)c1cccc(Cl)c1. The number of nitrogens with one attached hydrogen (secondary N) is 1. The molecule has 2 rings (SSSR count). The van der Waals surface area contributed by atoms with Crippen molar-refractivity contribution in [2.45, 2.75) is 13.0 Å². The van der Waals surface area contributed by atoms with Crippen molar-refractivity contribution in [2.75, 3.05) is 6.61 Å². The van der Waals surface area contributed by atoms with Gasteiger partial charge in [0.25, 0.3) is 5.91 Å². The molecule has 0 aliphatic rings. The lowest BCUT2D eigenvalue weighted by molar-refractivity contribution is -0.123. The van der Waals surface area contributed by atoms with E-state index in [0.717, 1.165) is 5.56 Å². The highest BCUT2D eigenvalue weighted by Crippen LogP contribution is 2.21. The van der Waals surface area contributed by atoms with Crippen molar-refractivity contribution in [3.05, 3.63) is 63.3 Å². The fraction of sp³-hybridized carbons (Fsp3) is 0.188. The molecule has 3 nitrogen and oxygen atoms in total. The molecular weight excluding hydrogens is 373 g/mol. The van der Waals surface area contributed by atoms with Gasteiger partial charge in [-0.25, -0.2) is 4.39 Å². The van der Waals surface area contributed by atoms with Crippen LogP contribution in [0, 0.1) is 5.82 Å². The summed E-state index contributed by atoms with van der Waals surface area (Å²) in [4.78, 5) is 11.9. The number of rotatable bonds is 5. The molecule has 1 atom stereocenters. The average Bonchev–Trinajstić information content (AvgIpc) is 2.46. The summed E-state index contributed by atoms with van der Waals surface area (Å²) in [5.41, 5.74) is 0.885. The number of hydrogen-bond donors (Lipinski definition) is 1. The van der Waals surface area contributed by atoms with Crippen molar-refractivity contribution in [1.82, 2.24) is 5.32 Å². The Labute approximate surface area is 141 Å². The lowest BCUT2D eigenvalue weighted by Gasteiger charge is -2.15. The number of carbonyl (C=O) groups is 1. The number of amides is 1. The normalized spacial score (nSPS) is 11.8. The molecule has 116 valence electrons. The van der Waals surface area contributed by atoms with Gasteiger partial charge in [0.2, 0.25) is 0 Å². The third-order valence-corrected chi connectivity index (χ3v) is 3.71. The van der Waals surface area contributed by atoms with E-state index in [2.05, 4.69) is 21.2 Å². The first kappa shape index (κ1) is 16.8. The van der Waals surface area contributed by atoms with Crippen molar-refractivity contribution in [1.29, 1.82) is 0 Å². The van der Waals surface area contributed by atoms with Gasteiger partial charge in [0.05, 0.1) is 6.04 Å². The number of carbonyl (C=O) groups excluding carboxylic acids is 1. The van der Waals surface area contributed by atoms with Crippen LogP contribution in [-0.4, -0.2) is 12.5 Å². The van der Waals surface area contributed by atoms with Gasteiger partial charge in [-0.15, -0.1) is 0 Å². The molecule has 0 aliphatic heterocycles. The summed E-state index contributed by atoms with van der Waals surface area (Å²) in [6, 6.07) is 11.4. The molecule has 0 bridgehead atoms. The largest absolute Gasteiger partial charge is 0.481 e. The van der Waals surface area contributed by atoms with Crippen LogP contribution in [0.1, 0.15) is 18.5 Å². The van der Waals surface area contributed by atoms with E-state index in [1.165, 1.54) is 12.1 Å². The van der Waals surface area contributed by atoms with Gasteiger partial charge in [-0.1, -0.05) is 39.7 Å². The predicted octanol–water partition coefficient (Wildman–Crippen LogP) is 4.50. The van der Waals surface area contributed by atoms with Gasteiger partial charge in [0.1, 0.15) is 0 Å². The summed E-state index contributed by atoms with van der Waals surface area (Å²) in [5.74, 6) is -0.825. The van der Waals surface area contributed by atoms with Gasteiger partial charge in [0, 0.05) is 9.50 Å². The Morgan fingerprint density at radius 3 is 2.82 bits per heavy atom. The lowest BCUT2D eigenvalue weighted by atomic mass is 10.1. The summed E-state index contributed by atoms with van der Waals surface area (Å²) in [6.07, 6.45) is 0. The minimum Gasteiger partial charge on any atom is -0.481 e. The van der Waals surface area contributed by atoms with Crippen molar-refractivity contribution < 1.29 is 13.9 Å². The summed E-state index contributed by atoms with van der Waals surface area (Å²) in [6.45, 7) is 1.58. The van der Waals surface area contributed by atoms with Gasteiger partial charge in [-0.2, -0.15) is 0 Å². The van der Waals surface area contributed by atoms with Crippen LogP contribution >= 0.6 is 27.5 Å². The predicted molar refractivity (Wildman–Crippen MR) is 87.6 cm³/mol. The van der Waals surface area contributed by atoms with E-state index in [0.29, 0.717) is 9.50 Å². The third kappa shape index (κ3) is 4.71. The number of benzene rings is 2. The van der Waals surface area contributed by atoms with Gasteiger partial charge >= 0.3 is 0 Å². The first-order chi connectivity index (χ1) is 10.5. The molecule has 0 heterocycles. The van der Waals surface area contributed by atoms with Crippen LogP contribution in [0.5, 0.6) is 5.75 Å². The fourth-order valence-corrected chi connectivity index (χ4v) is 2.41. The molecule has 0 saturated heterocycles. The summed E-state index contributed by atoms with van der Waals surface area (Å²) in [7, 11) is 0. The molecule has 0 saturated carbocycles. The van der Waals surface area contributed by atoms with Gasteiger partial charge < -0.3 is 10.1 Å². The second kappa shape index (κ2) is 7.61. The van der Waals surface area contributed by atoms with E-state index in [1.807, 2.05) is 19.1 Å². The topological polar surface area (TPSA) is 38.3 Å². The van der Waals surface area contributed by atoms with Crippen LogP contribution in [0.2, 0.25) is 5.02 Å². The first-order valence-corrected chi connectivity index (χ1v) is 7.75. The molecule has 0 radical (unpaired) electrons. The Bertz CT molecular complexity index is 681. The van der Waals surface area contributed by atoms with Crippen LogP contribution < -0.4 is 10.1 Å². The minimum absolute atomic E-state index is 0.0359. The highest BCUT2D eigenvalue weighted by Gasteiger charge is 2.12. The van der Waals surface area contributed by atoms with E-state index in [1.54, 1.807) is 18.2 Å². The average molecular weight is 387 g/mol. The summed E-state index contributed by atoms with van der Waals surface area (Å²) in [5, 5.41) is 3.37. The molecule has 6 heteroatoms. The first-order valence-electron chi connectivity index (χ1n) is 6.58. The minimum atomic E-state index is -0.523. The quantitative estimate of drug-likeness (QED) is 0.822. The van der Waals surface area contributed by atoms with E-state index in [4.69, 9.17) is 16.3 Å². The molecule has 0 spiro atoms. The van der Waals surface area contributed by atoms with E-state index < -0.39 is 5.82 Å². The second-order valence-corrected chi connectivity index (χ2v) is 6.06. The maximum atomic E-state index is 13.6. The van der Waals surface area contributed by atoms with Crippen molar-refractivity contribution >= 4 is 33.4 Å². The Morgan fingerprint density at radius 2 is 2.14 bits per heavy atom. The molecule has 22 heavy (non-hydrogen) atoms. The zero-order chi connectivity index (χ0) is 16.1. The van der Waals surface area contributed by atoms with Gasteiger partial charge in [-0.05, 0) is 42.8 Å². The van der Waals surface area contributed by atoms with Gasteiger partial charge in [-0.3, -0.25) is 4.79 Å². The van der Waals surface area contributed by atoms with Crippen LogP contribution in [0.15, 0.2) is 46.9 Å². The summed E-state index contributed by atoms with van der Waals surface area (Å²) >= 11 is 9.07. The maximum absolute atomic E-state index is 13.6. The Kier molecular flexibility index (Phi) is 5.80. The third-order valence-electron chi connectivity index (χ3n) is 2.98. The molecule has 1 N–H and O–H groups in total. The van der Waals surface area contributed by atoms with Crippen LogP contribution in [0.4, 0.5) is 4.39 Å². The fourth-order valence-electron chi connectivity index (χ4n) is 1.88. The number of ether oxygens (including phenoxy) is 1. The molecule has 1 amide bonds. The standard InChI is InChI=1S/C16H14BrClFNO2/c1-10(11-3-2-4-13(18)7-11)20-16(21)9-22-15-6-5-12(17)8-14(15)19/h2-8,10H,9H2,1H3,(H,20,21). The Morgan fingerprint density at radius 1 is 1.36 bits per heavy atom. The van der Waals surface area contributed by atoms with E-state index >= 15 is 0 Å². The molecule has 0 aromatic heterocycles. The van der Waals surface area contributed by atoms with Crippen LogP contribution in [0.3, 0.4) is 0 Å². The second-order valence-electron chi connectivity index (χ2n) is 4.71. The smallest absolute Gasteiger partial charge is 0.258 e. The Balaban J connectivity index is 1.90. The summed E-state index contributed by atoms with van der Waals surface area (Å²) < 4.78 is 19.4. The van der Waals surface area contributed by atoms with Crippen molar-refractivity contribution in [2.24, 2.45) is 0 Å². The molecule has 1 unspecified atom stereocenters. The molecule has 2 aromatic rings. The van der Waals surface area contributed by atoms with E-state index in [9.17, 15) is 9.18 Å². The van der Waals surface area contributed by atoms with Crippen molar-refractivity contribution in [3.8, 4) is 5.75 Å². The Hall–Kier alpha value is -1.59. The monoisotopic (exact) mass is 385 g/mol. The van der Waals surface area contributed by atoms with Gasteiger partial charge in [0.15, 0.2) is 18.2 Å². The molecular formula is C16H14BrClFNO2. The zero-order valence-electron chi connectivity index (χ0n) is 11.8. The molecule has 0 aliphatic carbocycles. The van der Waals surface area contributed by atoms with E-state index in [-0.39, 0.29) is 24.3 Å². The maximum Gasteiger partial charge on any atom is 0.258 e. The zero-order valence-corrected chi connectivity index (χ0v) is 14.1. The molecule has 0 fully saturated rings. The lowest BCUT2D eigenvalue weighted by Crippen LogP contribution is -2.31. The molecule has 2 aromatic carbocycles. The number of halogens is 3. The number of hydrogen-bond acceptors (Lipinski definition) is 2.